The minimum absolute atomic E-state index is 0.151. The van der Waals surface area contributed by atoms with Crippen LogP contribution in [0.4, 0.5) is 0 Å². The van der Waals surface area contributed by atoms with Crippen molar-refractivity contribution >= 4 is 46.2 Å². The van der Waals surface area contributed by atoms with Gasteiger partial charge in [-0.1, -0.05) is 27.7 Å². The number of esters is 2. The SMILES string of the molecule is COC(=O)Cc1c(C)c2cc3nc(cc4[nH]c(cc5nc(cc1[nH]2)=CC5(C)C)c(C)c4CC(=O)OC)=CC3(C)C. The van der Waals surface area contributed by atoms with E-state index < -0.39 is 0 Å². The van der Waals surface area contributed by atoms with Crippen LogP contribution in [0, 0.1) is 13.8 Å². The highest BCUT2D eigenvalue weighted by Crippen LogP contribution is 2.30. The van der Waals surface area contributed by atoms with Gasteiger partial charge in [-0.05, 0) is 72.5 Å². The lowest BCUT2D eigenvalue weighted by Crippen LogP contribution is -2.10. The summed E-state index contributed by atoms with van der Waals surface area (Å²) in [6.45, 7) is 12.5. The molecule has 0 radical (unpaired) electrons. The van der Waals surface area contributed by atoms with Crippen molar-refractivity contribution in [1.82, 2.24) is 19.9 Å². The first-order chi connectivity index (χ1) is 18.8. The molecule has 8 nitrogen and oxygen atoms in total. The predicted octanol–water partition coefficient (Wildman–Crippen LogP) is 3.88. The second kappa shape index (κ2) is 9.77. The van der Waals surface area contributed by atoms with Crippen LogP contribution in [0.25, 0.3) is 34.2 Å². The smallest absolute Gasteiger partial charge is 0.310 e. The minimum Gasteiger partial charge on any atom is -0.469 e. The number of fused-ring (bicyclic) bond motifs is 8. The predicted molar refractivity (Wildman–Crippen MR) is 156 cm³/mol. The molecule has 5 heterocycles. The number of aryl methyl sites for hydroxylation is 2. The second-order valence-electron chi connectivity index (χ2n) is 11.8. The Hall–Kier alpha value is -4.20. The highest BCUT2D eigenvalue weighted by atomic mass is 16.5. The summed E-state index contributed by atoms with van der Waals surface area (Å²) in [6.07, 6.45) is 4.55. The first kappa shape index (κ1) is 27.4. The molecule has 3 aromatic rings. The van der Waals surface area contributed by atoms with E-state index in [0.29, 0.717) is 0 Å². The van der Waals surface area contributed by atoms with Crippen LogP contribution in [0.5, 0.6) is 0 Å². The molecule has 0 spiro atoms. The molecule has 8 bridgehead atoms. The van der Waals surface area contributed by atoms with Gasteiger partial charge < -0.3 is 19.4 Å². The number of carbonyl (C=O) groups is 2. The van der Waals surface area contributed by atoms with Gasteiger partial charge in [0.05, 0.1) is 49.1 Å². The third-order valence-electron chi connectivity index (χ3n) is 7.98. The van der Waals surface area contributed by atoms with Gasteiger partial charge in [-0.15, -0.1) is 0 Å². The molecule has 0 aromatic carbocycles. The van der Waals surface area contributed by atoms with E-state index in [2.05, 4.69) is 49.8 Å². The van der Waals surface area contributed by atoms with Crippen LogP contribution >= 0.6 is 0 Å². The van der Waals surface area contributed by atoms with Crippen LogP contribution in [-0.2, 0) is 42.7 Å². The van der Waals surface area contributed by atoms with Crippen molar-refractivity contribution < 1.29 is 19.1 Å². The molecule has 0 atom stereocenters. The van der Waals surface area contributed by atoms with Crippen molar-refractivity contribution in [2.75, 3.05) is 14.2 Å². The van der Waals surface area contributed by atoms with Crippen LogP contribution in [0.2, 0.25) is 0 Å². The van der Waals surface area contributed by atoms with Gasteiger partial charge in [-0.25, -0.2) is 0 Å². The third kappa shape index (κ3) is 4.94. The van der Waals surface area contributed by atoms with E-state index >= 15 is 0 Å². The molecule has 2 N–H and O–H groups in total. The fourth-order valence-electron chi connectivity index (χ4n) is 5.45. The van der Waals surface area contributed by atoms with Crippen molar-refractivity contribution in [2.45, 2.75) is 65.2 Å². The number of carbonyl (C=O) groups excluding carboxylic acids is 2. The molecule has 40 heavy (non-hydrogen) atoms. The molecule has 2 aliphatic rings. The zero-order chi connectivity index (χ0) is 29.0. The number of nitrogens with zero attached hydrogens (tertiary/aromatic N) is 2. The summed E-state index contributed by atoms with van der Waals surface area (Å²) in [5, 5.41) is 1.60. The number of H-pyrrole nitrogens is 2. The number of hydrogen-bond donors (Lipinski definition) is 2. The molecule has 0 saturated carbocycles. The number of hydrogen-bond acceptors (Lipinski definition) is 6. The average Bonchev–Trinajstić information content (AvgIpc) is 3.52. The van der Waals surface area contributed by atoms with Crippen molar-refractivity contribution in [2.24, 2.45) is 0 Å². The maximum absolute atomic E-state index is 12.3. The summed E-state index contributed by atoms with van der Waals surface area (Å²) in [4.78, 5) is 41.7. The standard InChI is InChI=1S/C32H36N4O4/c1-17-21(11-29(37)39-7)25-9-19-15-32(5,6)28(34-19)14-24-18(2)22(12-30(38)40-8)26(36-24)10-20-16-31(3,4)27(33-20)13-23(17)35-25/h9-10,13-16,35-36H,11-12H2,1-8H3. The van der Waals surface area contributed by atoms with E-state index in [4.69, 9.17) is 19.4 Å². The highest BCUT2D eigenvalue weighted by molar-refractivity contribution is 5.82. The number of aromatic nitrogens is 4. The van der Waals surface area contributed by atoms with Crippen LogP contribution < -0.4 is 10.7 Å². The maximum Gasteiger partial charge on any atom is 0.310 e. The topological polar surface area (TPSA) is 110 Å². The summed E-state index contributed by atoms with van der Waals surface area (Å²) in [7, 11) is 2.81. The van der Waals surface area contributed by atoms with Crippen molar-refractivity contribution in [3.8, 4) is 0 Å². The van der Waals surface area contributed by atoms with Crippen LogP contribution in [0.3, 0.4) is 0 Å². The fourth-order valence-corrected chi connectivity index (χ4v) is 5.45. The number of ether oxygens (including phenoxy) is 2. The Kier molecular flexibility index (Phi) is 6.68. The summed E-state index contributed by atoms with van der Waals surface area (Å²) in [5.74, 6) is -0.602. The number of aromatic amines is 2. The van der Waals surface area contributed by atoms with Gasteiger partial charge in [0, 0.05) is 32.9 Å². The molecule has 3 aromatic heterocycles. The molecular formula is C32H36N4O4. The van der Waals surface area contributed by atoms with Crippen LogP contribution in [0.15, 0.2) is 24.3 Å². The molecule has 0 fully saturated rings. The molecule has 8 heteroatoms. The summed E-state index contributed by atoms with van der Waals surface area (Å²) < 4.78 is 10.0. The van der Waals surface area contributed by atoms with Gasteiger partial charge in [0.15, 0.2) is 0 Å². The minimum atomic E-state index is -0.334. The first-order valence-electron chi connectivity index (χ1n) is 13.4. The van der Waals surface area contributed by atoms with Gasteiger partial charge in [-0.3, -0.25) is 19.6 Å². The van der Waals surface area contributed by atoms with E-state index in [1.165, 1.54) is 14.2 Å². The van der Waals surface area contributed by atoms with Gasteiger partial charge in [0.1, 0.15) is 0 Å². The Bertz CT molecular complexity index is 1710. The molecular weight excluding hydrogens is 504 g/mol. The lowest BCUT2D eigenvalue weighted by molar-refractivity contribution is -0.140. The van der Waals surface area contributed by atoms with Crippen molar-refractivity contribution in [3.63, 3.8) is 0 Å². The Morgan fingerprint density at radius 3 is 1.40 bits per heavy atom. The Morgan fingerprint density at radius 1 is 0.675 bits per heavy atom. The number of rotatable bonds is 4. The van der Waals surface area contributed by atoms with Crippen molar-refractivity contribution in [3.05, 3.63) is 68.6 Å². The molecule has 0 saturated heterocycles. The molecule has 208 valence electrons. The molecule has 0 unspecified atom stereocenters. The number of nitrogens with one attached hydrogen (secondary N) is 2. The Labute approximate surface area is 233 Å². The van der Waals surface area contributed by atoms with Crippen LogP contribution in [0.1, 0.15) is 61.3 Å². The van der Waals surface area contributed by atoms with E-state index in [9.17, 15) is 9.59 Å². The number of methoxy groups -OCH3 is 2. The average molecular weight is 541 g/mol. The molecule has 2 aliphatic heterocycles. The van der Waals surface area contributed by atoms with E-state index in [0.717, 1.165) is 66.4 Å². The normalized spacial score (nSPS) is 15.2. The quantitative estimate of drug-likeness (QED) is 0.486. The molecule has 0 amide bonds. The highest BCUT2D eigenvalue weighted by Gasteiger charge is 2.26. The molecule has 0 aliphatic carbocycles. The lowest BCUT2D eigenvalue weighted by atomic mass is 9.90. The van der Waals surface area contributed by atoms with Crippen molar-refractivity contribution in [1.29, 1.82) is 0 Å². The van der Waals surface area contributed by atoms with Gasteiger partial charge in [0.2, 0.25) is 0 Å². The monoisotopic (exact) mass is 540 g/mol. The first-order valence-corrected chi connectivity index (χ1v) is 13.4. The van der Waals surface area contributed by atoms with Gasteiger partial charge in [0.25, 0.3) is 0 Å². The van der Waals surface area contributed by atoms with E-state index in [1.54, 1.807) is 0 Å². The summed E-state index contributed by atoms with van der Waals surface area (Å²) in [6, 6.07) is 8.08. The summed E-state index contributed by atoms with van der Waals surface area (Å²) >= 11 is 0. The second-order valence-corrected chi connectivity index (χ2v) is 11.8. The van der Waals surface area contributed by atoms with Crippen LogP contribution in [-0.4, -0.2) is 46.1 Å². The maximum atomic E-state index is 12.3. The van der Waals surface area contributed by atoms with E-state index in [1.807, 2.05) is 38.1 Å². The lowest BCUT2D eigenvalue weighted by Gasteiger charge is -2.13. The zero-order valence-corrected chi connectivity index (χ0v) is 24.4. The largest absolute Gasteiger partial charge is 0.469 e. The Balaban J connectivity index is 1.94. The van der Waals surface area contributed by atoms with Gasteiger partial charge >= 0.3 is 11.9 Å². The third-order valence-corrected chi connectivity index (χ3v) is 7.98. The fraction of sp³-hybridized carbons (Fsp3) is 0.375. The summed E-state index contributed by atoms with van der Waals surface area (Å²) in [5.41, 5.74) is 8.21. The molecule has 5 rings (SSSR count). The zero-order valence-electron chi connectivity index (χ0n) is 24.4. The Morgan fingerprint density at radius 2 is 1.05 bits per heavy atom. The van der Waals surface area contributed by atoms with Gasteiger partial charge in [-0.2, -0.15) is 0 Å². The van der Waals surface area contributed by atoms with E-state index in [-0.39, 0.29) is 35.6 Å².